The Kier molecular flexibility index (Phi) is 4.45. The van der Waals surface area contributed by atoms with Crippen LogP contribution in [-0.4, -0.2) is 14.9 Å². The van der Waals surface area contributed by atoms with E-state index < -0.39 is 4.92 Å². The molecule has 21 heavy (non-hydrogen) atoms. The predicted molar refractivity (Wildman–Crippen MR) is 77.0 cm³/mol. The standard InChI is InChI=1S/C13H9BrN4O3/c1-2-12-16-11(14)6-13(17-12)21-10-4-3-8(7-15)5-9(10)18(19)20/h3-6H,2H2,1H3. The van der Waals surface area contributed by atoms with Gasteiger partial charge in [-0.25, -0.2) is 4.98 Å². The van der Waals surface area contributed by atoms with Crippen molar-refractivity contribution in [2.45, 2.75) is 13.3 Å². The average molecular weight is 349 g/mol. The van der Waals surface area contributed by atoms with E-state index in [1.807, 2.05) is 13.0 Å². The lowest BCUT2D eigenvalue weighted by atomic mass is 10.2. The molecule has 0 aliphatic carbocycles. The van der Waals surface area contributed by atoms with E-state index in [-0.39, 0.29) is 22.9 Å². The maximum atomic E-state index is 11.0. The lowest BCUT2D eigenvalue weighted by Crippen LogP contribution is -1.99. The highest BCUT2D eigenvalue weighted by Crippen LogP contribution is 2.32. The van der Waals surface area contributed by atoms with Crippen molar-refractivity contribution in [3.8, 4) is 17.7 Å². The summed E-state index contributed by atoms with van der Waals surface area (Å²) in [6.07, 6.45) is 0.602. The first-order valence-corrected chi connectivity index (χ1v) is 6.72. The van der Waals surface area contributed by atoms with E-state index in [9.17, 15) is 10.1 Å². The Hall–Kier alpha value is -2.53. The molecule has 1 heterocycles. The van der Waals surface area contributed by atoms with Gasteiger partial charge < -0.3 is 4.74 Å². The minimum atomic E-state index is -0.604. The number of nitro groups is 1. The first-order chi connectivity index (χ1) is 10.0. The summed E-state index contributed by atoms with van der Waals surface area (Å²) in [6.45, 7) is 1.88. The molecule has 8 heteroatoms. The highest BCUT2D eigenvalue weighted by Gasteiger charge is 2.17. The van der Waals surface area contributed by atoms with Crippen molar-refractivity contribution in [1.82, 2.24) is 9.97 Å². The molecule has 0 atom stereocenters. The Morgan fingerprint density at radius 1 is 1.43 bits per heavy atom. The van der Waals surface area contributed by atoms with Gasteiger partial charge >= 0.3 is 5.69 Å². The maximum absolute atomic E-state index is 11.0. The third-order valence-electron chi connectivity index (χ3n) is 2.53. The number of benzene rings is 1. The topological polar surface area (TPSA) is 102 Å². The van der Waals surface area contributed by atoms with Gasteiger partial charge in [-0.3, -0.25) is 10.1 Å². The Balaban J connectivity index is 2.42. The third-order valence-corrected chi connectivity index (χ3v) is 2.94. The van der Waals surface area contributed by atoms with Crippen LogP contribution in [0.3, 0.4) is 0 Å². The smallest absolute Gasteiger partial charge is 0.312 e. The van der Waals surface area contributed by atoms with Gasteiger partial charge in [0.2, 0.25) is 11.6 Å². The number of nitrogens with zero attached hydrogens (tertiary/aromatic N) is 4. The third kappa shape index (κ3) is 3.52. The molecule has 2 aromatic rings. The highest BCUT2D eigenvalue weighted by atomic mass is 79.9. The number of hydrogen-bond donors (Lipinski definition) is 0. The van der Waals surface area contributed by atoms with Crippen LogP contribution in [0.4, 0.5) is 5.69 Å². The first kappa shape index (κ1) is 14.9. The average Bonchev–Trinajstić information content (AvgIpc) is 2.46. The largest absolute Gasteiger partial charge is 0.432 e. The molecule has 0 spiro atoms. The summed E-state index contributed by atoms with van der Waals surface area (Å²) in [5.41, 5.74) is -0.103. The molecule has 0 bridgehead atoms. The van der Waals surface area contributed by atoms with E-state index in [0.29, 0.717) is 16.8 Å². The second-order valence-corrected chi connectivity index (χ2v) is 4.76. The van der Waals surface area contributed by atoms with Crippen LogP contribution in [0.5, 0.6) is 11.6 Å². The molecular weight excluding hydrogens is 340 g/mol. The molecule has 1 aromatic carbocycles. The molecule has 0 saturated heterocycles. The number of aromatic nitrogens is 2. The first-order valence-electron chi connectivity index (χ1n) is 5.93. The van der Waals surface area contributed by atoms with Crippen LogP contribution < -0.4 is 4.74 Å². The number of rotatable bonds is 4. The fraction of sp³-hybridized carbons (Fsp3) is 0.154. The van der Waals surface area contributed by atoms with E-state index >= 15 is 0 Å². The van der Waals surface area contributed by atoms with Gasteiger partial charge in [0.15, 0.2) is 0 Å². The molecule has 7 nitrogen and oxygen atoms in total. The molecular formula is C13H9BrN4O3. The fourth-order valence-corrected chi connectivity index (χ4v) is 1.98. The maximum Gasteiger partial charge on any atom is 0.312 e. The van der Waals surface area contributed by atoms with Crippen molar-refractivity contribution in [3.05, 3.63) is 50.4 Å². The molecule has 2 rings (SSSR count). The van der Waals surface area contributed by atoms with Gasteiger partial charge in [-0.2, -0.15) is 10.2 Å². The van der Waals surface area contributed by atoms with E-state index in [0.717, 1.165) is 6.07 Å². The molecule has 0 amide bonds. The van der Waals surface area contributed by atoms with Gasteiger partial charge in [-0.05, 0) is 28.1 Å². The van der Waals surface area contributed by atoms with E-state index in [1.54, 1.807) is 0 Å². The summed E-state index contributed by atoms with van der Waals surface area (Å²) in [4.78, 5) is 18.7. The van der Waals surface area contributed by atoms with Crippen LogP contribution in [0, 0.1) is 21.4 Å². The van der Waals surface area contributed by atoms with Crippen molar-refractivity contribution in [2.24, 2.45) is 0 Å². The summed E-state index contributed by atoms with van der Waals surface area (Å²) >= 11 is 3.23. The van der Waals surface area contributed by atoms with Crippen LogP contribution in [0.25, 0.3) is 0 Å². The van der Waals surface area contributed by atoms with Gasteiger partial charge in [0.25, 0.3) is 0 Å². The van der Waals surface area contributed by atoms with Gasteiger partial charge in [-0.15, -0.1) is 0 Å². The second kappa shape index (κ2) is 6.28. The van der Waals surface area contributed by atoms with E-state index in [2.05, 4.69) is 25.9 Å². The summed E-state index contributed by atoms with van der Waals surface area (Å²) in [6, 6.07) is 7.34. The van der Waals surface area contributed by atoms with Crippen molar-refractivity contribution in [1.29, 1.82) is 5.26 Å². The quantitative estimate of drug-likeness (QED) is 0.476. The highest BCUT2D eigenvalue weighted by molar-refractivity contribution is 9.10. The molecule has 0 aliphatic rings. The Labute approximate surface area is 128 Å². The van der Waals surface area contributed by atoms with E-state index in [4.69, 9.17) is 10.00 Å². The molecule has 1 aromatic heterocycles. The van der Waals surface area contributed by atoms with Crippen molar-refractivity contribution in [2.75, 3.05) is 0 Å². The van der Waals surface area contributed by atoms with E-state index in [1.165, 1.54) is 18.2 Å². The number of hydrogen-bond acceptors (Lipinski definition) is 6. The summed E-state index contributed by atoms with van der Waals surface area (Å²) in [5, 5.41) is 19.8. The number of nitriles is 1. The number of halogens is 1. The van der Waals surface area contributed by atoms with Gasteiger partial charge in [0, 0.05) is 18.6 Å². The second-order valence-electron chi connectivity index (χ2n) is 3.95. The Morgan fingerprint density at radius 3 is 2.81 bits per heavy atom. The summed E-state index contributed by atoms with van der Waals surface area (Å²) in [7, 11) is 0. The molecule has 0 unspecified atom stereocenters. The zero-order chi connectivity index (χ0) is 15.4. The van der Waals surface area contributed by atoms with Gasteiger partial charge in [0.1, 0.15) is 10.4 Å². The zero-order valence-corrected chi connectivity index (χ0v) is 12.5. The zero-order valence-electron chi connectivity index (χ0n) is 10.9. The molecule has 0 N–H and O–H groups in total. The van der Waals surface area contributed by atoms with Crippen molar-refractivity contribution >= 4 is 21.6 Å². The monoisotopic (exact) mass is 348 g/mol. The summed E-state index contributed by atoms with van der Waals surface area (Å²) in [5.74, 6) is 0.767. The van der Waals surface area contributed by atoms with Crippen LogP contribution in [0.1, 0.15) is 18.3 Å². The molecule has 0 aliphatic heterocycles. The molecule has 0 radical (unpaired) electrons. The molecule has 0 saturated carbocycles. The minimum absolute atomic E-state index is 0.0200. The normalized spacial score (nSPS) is 9.95. The summed E-state index contributed by atoms with van der Waals surface area (Å²) < 4.78 is 5.99. The molecule has 0 fully saturated rings. The van der Waals surface area contributed by atoms with Crippen LogP contribution in [0.15, 0.2) is 28.9 Å². The van der Waals surface area contributed by atoms with Gasteiger partial charge in [0.05, 0.1) is 16.6 Å². The number of aryl methyl sites for hydroxylation is 1. The van der Waals surface area contributed by atoms with Crippen molar-refractivity contribution < 1.29 is 9.66 Å². The number of ether oxygens (including phenoxy) is 1. The Morgan fingerprint density at radius 2 is 2.19 bits per heavy atom. The Bertz CT molecular complexity index is 743. The lowest BCUT2D eigenvalue weighted by Gasteiger charge is -2.07. The van der Waals surface area contributed by atoms with Gasteiger partial charge in [-0.1, -0.05) is 6.92 Å². The lowest BCUT2D eigenvalue weighted by molar-refractivity contribution is -0.385. The molecule has 106 valence electrons. The minimum Gasteiger partial charge on any atom is -0.432 e. The van der Waals surface area contributed by atoms with Crippen LogP contribution >= 0.6 is 15.9 Å². The number of nitro benzene ring substituents is 1. The van der Waals surface area contributed by atoms with Crippen LogP contribution in [0.2, 0.25) is 0 Å². The fourth-order valence-electron chi connectivity index (χ4n) is 1.58. The predicted octanol–water partition coefficient (Wildman–Crippen LogP) is 3.37. The van der Waals surface area contributed by atoms with Crippen molar-refractivity contribution in [3.63, 3.8) is 0 Å². The van der Waals surface area contributed by atoms with Crippen LogP contribution in [-0.2, 0) is 6.42 Å². The SMILES string of the molecule is CCc1nc(Br)cc(Oc2ccc(C#N)cc2[N+](=O)[O-])n1.